The number of carboxylic acids is 1. The summed E-state index contributed by atoms with van der Waals surface area (Å²) in [5.74, 6) is -2.11. The molecule has 0 spiro atoms. The van der Waals surface area contributed by atoms with Crippen molar-refractivity contribution < 1.29 is 19.7 Å². The number of carboxylic acid groups (broad SMARTS) is 1. The molecule has 4 aromatic rings. The first-order chi connectivity index (χ1) is 16.6. The smallest absolute Gasteiger partial charge is 0.307 e. The van der Waals surface area contributed by atoms with Crippen molar-refractivity contribution in [3.05, 3.63) is 126 Å². The van der Waals surface area contributed by atoms with Crippen molar-refractivity contribution in [2.24, 2.45) is 11.8 Å². The quantitative estimate of drug-likeness (QED) is 0.342. The van der Waals surface area contributed by atoms with Gasteiger partial charge in [0.2, 0.25) is 6.29 Å². The van der Waals surface area contributed by atoms with Crippen LogP contribution in [0.1, 0.15) is 23.0 Å². The Hall–Kier alpha value is -3.89. The fourth-order valence-electron chi connectivity index (χ4n) is 5.25. The standard InChI is InChI=1S/C30H26O4/c31-29(32)27-25(21-13-6-2-7-14-21)28(26(27)22-15-8-3-9-16-22)30(33)34-24-18-10-17-23(19-24)20-11-4-1-5-12-20/h1-19,25-28,30,33H,(H,31,32)/t25-,26-,27?,28?,30?/m0/s1. The van der Waals surface area contributed by atoms with Crippen molar-refractivity contribution in [3.8, 4) is 16.9 Å². The van der Waals surface area contributed by atoms with Crippen molar-refractivity contribution in [3.63, 3.8) is 0 Å². The van der Waals surface area contributed by atoms with E-state index < -0.39 is 24.1 Å². The Morgan fingerprint density at radius 2 is 1.18 bits per heavy atom. The van der Waals surface area contributed by atoms with Crippen molar-refractivity contribution in [1.82, 2.24) is 0 Å². The molecule has 1 aliphatic rings. The molecule has 4 nitrogen and oxygen atoms in total. The molecule has 0 radical (unpaired) electrons. The second-order valence-electron chi connectivity index (χ2n) is 8.72. The van der Waals surface area contributed by atoms with Crippen LogP contribution in [-0.2, 0) is 4.79 Å². The van der Waals surface area contributed by atoms with E-state index in [1.807, 2.05) is 115 Å². The van der Waals surface area contributed by atoms with Crippen LogP contribution in [0.5, 0.6) is 5.75 Å². The van der Waals surface area contributed by atoms with Crippen LogP contribution < -0.4 is 4.74 Å². The van der Waals surface area contributed by atoms with Gasteiger partial charge in [-0.1, -0.05) is 103 Å². The highest BCUT2D eigenvalue weighted by Crippen LogP contribution is 2.59. The van der Waals surface area contributed by atoms with Crippen LogP contribution in [-0.4, -0.2) is 22.5 Å². The molecule has 0 heterocycles. The lowest BCUT2D eigenvalue weighted by Crippen LogP contribution is -2.53. The van der Waals surface area contributed by atoms with Gasteiger partial charge < -0.3 is 14.9 Å². The van der Waals surface area contributed by atoms with Gasteiger partial charge in [-0.25, -0.2) is 0 Å². The SMILES string of the molecule is O=C(O)C1[C@H](c2ccccc2)C(C(O)Oc2cccc(-c3ccccc3)c2)[C@H]1c1ccccc1. The fraction of sp³-hybridized carbons (Fsp3) is 0.167. The Morgan fingerprint density at radius 1 is 0.676 bits per heavy atom. The number of aliphatic carboxylic acids is 1. The summed E-state index contributed by atoms with van der Waals surface area (Å²) in [6.07, 6.45) is -1.17. The Morgan fingerprint density at radius 3 is 1.71 bits per heavy atom. The maximum Gasteiger partial charge on any atom is 0.307 e. The number of carbonyl (C=O) groups is 1. The third kappa shape index (κ3) is 4.20. The summed E-state index contributed by atoms with van der Waals surface area (Å²) < 4.78 is 6.07. The first-order valence-corrected chi connectivity index (χ1v) is 11.5. The third-order valence-corrected chi connectivity index (χ3v) is 6.78. The Bertz CT molecular complexity index is 1190. The minimum absolute atomic E-state index is 0.365. The first kappa shape index (κ1) is 21.9. The highest BCUT2D eigenvalue weighted by molar-refractivity contribution is 5.75. The second kappa shape index (κ2) is 9.54. The summed E-state index contributed by atoms with van der Waals surface area (Å²) in [6, 6.07) is 36.7. The average molecular weight is 451 g/mol. The monoisotopic (exact) mass is 450 g/mol. The molecule has 3 atom stereocenters. The summed E-state index contributed by atoms with van der Waals surface area (Å²) in [5, 5.41) is 21.5. The Kier molecular flexibility index (Phi) is 6.15. The zero-order valence-corrected chi connectivity index (χ0v) is 18.6. The normalized spacial score (nSPS) is 22.4. The van der Waals surface area contributed by atoms with E-state index >= 15 is 0 Å². The molecule has 0 aliphatic heterocycles. The molecule has 2 N–H and O–H groups in total. The van der Waals surface area contributed by atoms with Crippen LogP contribution in [0.4, 0.5) is 0 Å². The predicted octanol–water partition coefficient (Wildman–Crippen LogP) is 5.95. The molecular formula is C30H26O4. The lowest BCUT2D eigenvalue weighted by atomic mass is 9.52. The van der Waals surface area contributed by atoms with E-state index in [0.717, 1.165) is 22.3 Å². The average Bonchev–Trinajstić information content (AvgIpc) is 2.85. The van der Waals surface area contributed by atoms with Gasteiger partial charge in [0.25, 0.3) is 0 Å². The molecule has 170 valence electrons. The summed E-state index contributed by atoms with van der Waals surface area (Å²) in [7, 11) is 0. The molecule has 5 rings (SSSR count). The topological polar surface area (TPSA) is 66.8 Å². The van der Waals surface area contributed by atoms with E-state index in [4.69, 9.17) is 4.74 Å². The summed E-state index contributed by atoms with van der Waals surface area (Å²) in [6.45, 7) is 0. The van der Waals surface area contributed by atoms with E-state index in [9.17, 15) is 15.0 Å². The van der Waals surface area contributed by atoms with Gasteiger partial charge in [-0.2, -0.15) is 0 Å². The van der Waals surface area contributed by atoms with E-state index in [2.05, 4.69) is 0 Å². The molecule has 1 unspecified atom stereocenters. The molecule has 1 aliphatic carbocycles. The zero-order valence-electron chi connectivity index (χ0n) is 18.6. The van der Waals surface area contributed by atoms with Gasteiger partial charge in [-0.3, -0.25) is 4.79 Å². The Balaban J connectivity index is 1.48. The van der Waals surface area contributed by atoms with Crippen LogP contribution in [0.2, 0.25) is 0 Å². The lowest BCUT2D eigenvalue weighted by molar-refractivity contribution is -0.165. The minimum atomic E-state index is -1.17. The van der Waals surface area contributed by atoms with Gasteiger partial charge in [0, 0.05) is 17.8 Å². The van der Waals surface area contributed by atoms with Crippen LogP contribution in [0.25, 0.3) is 11.1 Å². The van der Waals surface area contributed by atoms with Crippen molar-refractivity contribution in [2.75, 3.05) is 0 Å². The van der Waals surface area contributed by atoms with E-state index in [1.54, 1.807) is 0 Å². The van der Waals surface area contributed by atoms with Gasteiger partial charge in [0.05, 0.1) is 5.92 Å². The summed E-state index contributed by atoms with van der Waals surface area (Å²) in [4.78, 5) is 12.4. The summed E-state index contributed by atoms with van der Waals surface area (Å²) >= 11 is 0. The zero-order chi connectivity index (χ0) is 23.5. The molecule has 1 fully saturated rings. The number of rotatable bonds is 7. The third-order valence-electron chi connectivity index (χ3n) is 6.78. The maximum atomic E-state index is 12.4. The number of aliphatic hydroxyl groups excluding tert-OH is 1. The molecule has 1 saturated carbocycles. The largest absolute Gasteiger partial charge is 0.481 e. The van der Waals surface area contributed by atoms with Crippen LogP contribution in [0.3, 0.4) is 0 Å². The summed E-state index contributed by atoms with van der Waals surface area (Å²) in [5.41, 5.74) is 3.84. The van der Waals surface area contributed by atoms with E-state index in [1.165, 1.54) is 0 Å². The maximum absolute atomic E-state index is 12.4. The number of hydrogen-bond donors (Lipinski definition) is 2. The van der Waals surface area contributed by atoms with Gasteiger partial charge >= 0.3 is 5.97 Å². The molecule has 4 aromatic carbocycles. The highest BCUT2D eigenvalue weighted by Gasteiger charge is 2.58. The molecule has 34 heavy (non-hydrogen) atoms. The first-order valence-electron chi connectivity index (χ1n) is 11.5. The van der Waals surface area contributed by atoms with Crippen molar-refractivity contribution in [1.29, 1.82) is 0 Å². The predicted molar refractivity (Wildman–Crippen MR) is 131 cm³/mol. The number of ether oxygens (including phenoxy) is 1. The fourth-order valence-corrected chi connectivity index (χ4v) is 5.25. The highest BCUT2D eigenvalue weighted by atomic mass is 16.6. The molecule has 0 saturated heterocycles. The van der Waals surface area contributed by atoms with Gasteiger partial charge in [0.15, 0.2) is 0 Å². The van der Waals surface area contributed by atoms with Crippen LogP contribution in [0, 0.1) is 11.8 Å². The minimum Gasteiger partial charge on any atom is -0.481 e. The van der Waals surface area contributed by atoms with Crippen molar-refractivity contribution >= 4 is 5.97 Å². The molecule has 0 bridgehead atoms. The lowest BCUT2D eigenvalue weighted by Gasteiger charge is -2.52. The van der Waals surface area contributed by atoms with Gasteiger partial charge in [-0.05, 0) is 34.4 Å². The van der Waals surface area contributed by atoms with E-state index in [0.29, 0.717) is 5.75 Å². The number of aliphatic hydroxyl groups is 1. The Labute approximate surface area is 199 Å². The van der Waals surface area contributed by atoms with Crippen LogP contribution in [0.15, 0.2) is 115 Å². The second-order valence-corrected chi connectivity index (χ2v) is 8.72. The number of hydrogen-bond acceptors (Lipinski definition) is 3. The van der Waals surface area contributed by atoms with Crippen molar-refractivity contribution in [2.45, 2.75) is 18.1 Å². The van der Waals surface area contributed by atoms with Crippen LogP contribution >= 0.6 is 0 Å². The molecule has 4 heteroatoms. The molecule has 0 aromatic heterocycles. The van der Waals surface area contributed by atoms with Gasteiger partial charge in [-0.15, -0.1) is 0 Å². The van der Waals surface area contributed by atoms with E-state index in [-0.39, 0.29) is 11.8 Å². The van der Waals surface area contributed by atoms with Gasteiger partial charge in [0.1, 0.15) is 5.75 Å². The molecular weight excluding hydrogens is 424 g/mol. The number of benzene rings is 4. The molecule has 0 amide bonds.